The molecule has 0 unspecified atom stereocenters. The number of hydrogen-bond donors (Lipinski definition) is 1. The molecule has 2 rings (SSSR count). The normalized spacial score (nSPS) is 20.3. The fraction of sp³-hybridized carbons (Fsp3) is 0.647. The molecule has 1 heterocycles. The van der Waals surface area contributed by atoms with Crippen LogP contribution < -0.4 is 4.74 Å². The molecule has 1 aliphatic heterocycles. The van der Waals surface area contributed by atoms with E-state index < -0.39 is 0 Å². The number of benzene rings is 1. The summed E-state index contributed by atoms with van der Waals surface area (Å²) in [7, 11) is 0. The summed E-state index contributed by atoms with van der Waals surface area (Å²) in [6.45, 7) is 9.57. The molecular formula is C17H27NO2. The highest BCUT2D eigenvalue weighted by Gasteiger charge is 2.23. The monoisotopic (exact) mass is 277 g/mol. The molecule has 1 N–H and O–H groups in total. The predicted molar refractivity (Wildman–Crippen MR) is 82.3 cm³/mol. The second-order valence-corrected chi connectivity index (χ2v) is 6.64. The Balaban J connectivity index is 1.80. The lowest BCUT2D eigenvalue weighted by atomic mass is 9.87. The van der Waals surface area contributed by atoms with E-state index in [0.29, 0.717) is 12.6 Å². The highest BCUT2D eigenvalue weighted by molar-refractivity contribution is 5.31. The highest BCUT2D eigenvalue weighted by atomic mass is 16.5. The molecule has 20 heavy (non-hydrogen) atoms. The summed E-state index contributed by atoms with van der Waals surface area (Å²) >= 11 is 0. The molecule has 0 spiro atoms. The van der Waals surface area contributed by atoms with Crippen molar-refractivity contribution in [1.82, 2.24) is 4.90 Å². The molecule has 0 aliphatic carbocycles. The Morgan fingerprint density at radius 2 is 1.95 bits per heavy atom. The lowest BCUT2D eigenvalue weighted by molar-refractivity contribution is 0.139. The third-order valence-electron chi connectivity index (χ3n) is 4.08. The Hall–Kier alpha value is -1.06. The maximum atomic E-state index is 9.28. The molecular weight excluding hydrogens is 250 g/mol. The molecule has 1 atom stereocenters. The van der Waals surface area contributed by atoms with Gasteiger partial charge in [-0.3, -0.25) is 4.90 Å². The van der Waals surface area contributed by atoms with Crippen LogP contribution in [0.3, 0.4) is 0 Å². The van der Waals surface area contributed by atoms with E-state index in [-0.39, 0.29) is 12.0 Å². The van der Waals surface area contributed by atoms with Crippen molar-refractivity contribution in [2.75, 3.05) is 26.3 Å². The van der Waals surface area contributed by atoms with Crippen molar-refractivity contribution in [3.63, 3.8) is 0 Å². The van der Waals surface area contributed by atoms with Gasteiger partial charge in [0.05, 0.1) is 6.61 Å². The Kier molecular flexibility index (Phi) is 5.06. The quantitative estimate of drug-likeness (QED) is 0.898. The molecule has 0 saturated carbocycles. The Labute approximate surface area is 122 Å². The smallest absolute Gasteiger partial charge is 0.119 e. The first kappa shape index (κ1) is 15.3. The van der Waals surface area contributed by atoms with Gasteiger partial charge in [-0.05, 0) is 42.5 Å². The second-order valence-electron chi connectivity index (χ2n) is 6.64. The molecule has 112 valence electrons. The molecule has 3 heteroatoms. The SMILES string of the molecule is CC(C)(C)c1ccc(OCCN2CCC[C@H]2CO)cc1. The molecule has 0 radical (unpaired) electrons. The molecule has 1 aliphatic rings. The van der Waals surface area contributed by atoms with Crippen LogP contribution in [0.4, 0.5) is 0 Å². The molecule has 1 aromatic carbocycles. The third-order valence-corrected chi connectivity index (χ3v) is 4.08. The zero-order chi connectivity index (χ0) is 14.6. The van der Waals surface area contributed by atoms with Gasteiger partial charge in [0.1, 0.15) is 12.4 Å². The second kappa shape index (κ2) is 6.59. The van der Waals surface area contributed by atoms with E-state index in [1.54, 1.807) is 0 Å². The molecule has 0 aromatic heterocycles. The van der Waals surface area contributed by atoms with Gasteiger partial charge in [-0.1, -0.05) is 32.9 Å². The fourth-order valence-electron chi connectivity index (χ4n) is 2.73. The van der Waals surface area contributed by atoms with Crippen LogP contribution in [0, 0.1) is 0 Å². The van der Waals surface area contributed by atoms with Crippen LogP contribution in [0.5, 0.6) is 5.75 Å². The van der Waals surface area contributed by atoms with Gasteiger partial charge in [0.2, 0.25) is 0 Å². The van der Waals surface area contributed by atoms with Gasteiger partial charge in [0.25, 0.3) is 0 Å². The van der Waals surface area contributed by atoms with Gasteiger partial charge in [-0.2, -0.15) is 0 Å². The van der Waals surface area contributed by atoms with Crippen LogP contribution in [0.2, 0.25) is 0 Å². The number of aliphatic hydroxyl groups excluding tert-OH is 1. The predicted octanol–water partition coefficient (Wildman–Crippen LogP) is 2.82. The van der Waals surface area contributed by atoms with E-state index >= 15 is 0 Å². The summed E-state index contributed by atoms with van der Waals surface area (Å²) in [6.07, 6.45) is 2.29. The lowest BCUT2D eigenvalue weighted by Crippen LogP contribution is -2.35. The van der Waals surface area contributed by atoms with Crippen LogP contribution in [0.1, 0.15) is 39.2 Å². The maximum absolute atomic E-state index is 9.28. The summed E-state index contributed by atoms with van der Waals surface area (Å²) in [5, 5.41) is 9.28. The minimum absolute atomic E-state index is 0.183. The number of nitrogens with zero attached hydrogens (tertiary/aromatic N) is 1. The van der Waals surface area contributed by atoms with Crippen molar-refractivity contribution in [2.45, 2.75) is 45.1 Å². The summed E-state index contributed by atoms with van der Waals surface area (Å²) in [6, 6.07) is 8.72. The molecule has 1 fully saturated rings. The zero-order valence-electron chi connectivity index (χ0n) is 12.9. The van der Waals surface area contributed by atoms with Crippen molar-refractivity contribution in [3.05, 3.63) is 29.8 Å². The number of rotatable bonds is 5. The summed E-state index contributed by atoms with van der Waals surface area (Å²) < 4.78 is 5.81. The molecule has 3 nitrogen and oxygen atoms in total. The molecule has 0 bridgehead atoms. The number of hydrogen-bond acceptors (Lipinski definition) is 3. The van der Waals surface area contributed by atoms with E-state index in [9.17, 15) is 5.11 Å². The van der Waals surface area contributed by atoms with Gasteiger partial charge in [-0.25, -0.2) is 0 Å². The fourth-order valence-corrected chi connectivity index (χ4v) is 2.73. The summed E-state index contributed by atoms with van der Waals surface area (Å²) in [5.41, 5.74) is 1.51. The Bertz CT molecular complexity index is 408. The van der Waals surface area contributed by atoms with Crippen molar-refractivity contribution in [1.29, 1.82) is 0 Å². The molecule has 0 amide bonds. The number of ether oxygens (including phenoxy) is 1. The molecule has 1 saturated heterocycles. The summed E-state index contributed by atoms with van der Waals surface area (Å²) in [4.78, 5) is 2.32. The zero-order valence-corrected chi connectivity index (χ0v) is 12.9. The average molecular weight is 277 g/mol. The average Bonchev–Trinajstić information content (AvgIpc) is 2.86. The van der Waals surface area contributed by atoms with E-state index in [4.69, 9.17) is 4.74 Å². The topological polar surface area (TPSA) is 32.7 Å². The Morgan fingerprint density at radius 1 is 1.25 bits per heavy atom. The lowest BCUT2D eigenvalue weighted by Gasteiger charge is -2.22. The van der Waals surface area contributed by atoms with Crippen LogP contribution in [0.25, 0.3) is 0 Å². The van der Waals surface area contributed by atoms with Crippen molar-refractivity contribution in [2.24, 2.45) is 0 Å². The van der Waals surface area contributed by atoms with Gasteiger partial charge in [-0.15, -0.1) is 0 Å². The van der Waals surface area contributed by atoms with Crippen LogP contribution >= 0.6 is 0 Å². The minimum atomic E-state index is 0.183. The maximum Gasteiger partial charge on any atom is 0.119 e. The highest BCUT2D eigenvalue weighted by Crippen LogP contribution is 2.24. The van der Waals surface area contributed by atoms with Crippen molar-refractivity contribution >= 4 is 0 Å². The van der Waals surface area contributed by atoms with Gasteiger partial charge >= 0.3 is 0 Å². The van der Waals surface area contributed by atoms with Gasteiger partial charge in [0, 0.05) is 12.6 Å². The first-order valence-electron chi connectivity index (χ1n) is 7.59. The summed E-state index contributed by atoms with van der Waals surface area (Å²) in [5.74, 6) is 0.928. The first-order chi connectivity index (χ1) is 9.50. The standard InChI is InChI=1S/C17H27NO2/c1-17(2,3)14-6-8-16(9-7-14)20-12-11-18-10-4-5-15(18)13-19/h6-9,15,19H,4-5,10-13H2,1-3H3/t15-/m0/s1. The number of aliphatic hydroxyl groups is 1. The molecule has 1 aromatic rings. The van der Waals surface area contributed by atoms with E-state index in [1.807, 2.05) is 12.1 Å². The van der Waals surface area contributed by atoms with Crippen molar-refractivity contribution in [3.8, 4) is 5.75 Å². The van der Waals surface area contributed by atoms with Crippen LogP contribution in [-0.2, 0) is 5.41 Å². The van der Waals surface area contributed by atoms with Crippen LogP contribution in [0.15, 0.2) is 24.3 Å². The number of likely N-dealkylation sites (tertiary alicyclic amines) is 1. The van der Waals surface area contributed by atoms with Gasteiger partial charge < -0.3 is 9.84 Å². The Morgan fingerprint density at radius 3 is 2.55 bits per heavy atom. The van der Waals surface area contributed by atoms with Crippen molar-refractivity contribution < 1.29 is 9.84 Å². The van der Waals surface area contributed by atoms with Crippen LogP contribution in [-0.4, -0.2) is 42.4 Å². The van der Waals surface area contributed by atoms with E-state index in [1.165, 1.54) is 12.0 Å². The van der Waals surface area contributed by atoms with E-state index in [0.717, 1.165) is 25.3 Å². The third kappa shape index (κ3) is 3.97. The minimum Gasteiger partial charge on any atom is -0.492 e. The first-order valence-corrected chi connectivity index (χ1v) is 7.59. The largest absolute Gasteiger partial charge is 0.492 e. The van der Waals surface area contributed by atoms with E-state index in [2.05, 4.69) is 37.8 Å². The van der Waals surface area contributed by atoms with Gasteiger partial charge in [0.15, 0.2) is 0 Å².